The van der Waals surface area contributed by atoms with Gasteiger partial charge in [-0.05, 0) is 30.3 Å². The Labute approximate surface area is 123 Å². The number of ether oxygens (including phenoxy) is 1. The average molecular weight is 307 g/mol. The highest BCUT2D eigenvalue weighted by Crippen LogP contribution is 2.17. The third kappa shape index (κ3) is 3.86. The zero-order chi connectivity index (χ0) is 15.2. The molecule has 1 atom stereocenters. The summed E-state index contributed by atoms with van der Waals surface area (Å²) >= 11 is 0. The van der Waals surface area contributed by atoms with Crippen LogP contribution in [0.2, 0.25) is 0 Å². The van der Waals surface area contributed by atoms with E-state index < -0.39 is 22.4 Å². The molecule has 0 aliphatic rings. The number of rotatable bonds is 5. The summed E-state index contributed by atoms with van der Waals surface area (Å²) in [4.78, 5) is -0.188. The van der Waals surface area contributed by atoms with E-state index in [1.54, 1.807) is 24.3 Å². The standard InChI is InChI=1S/C15H11F2NO2S/c16-12-5-6-13(17)15(9-12)21(19)8-7-20-14-4-2-1-3-11(14)10-18/h1-6,9H,7-8H2. The van der Waals surface area contributed by atoms with E-state index in [0.717, 1.165) is 18.2 Å². The van der Waals surface area contributed by atoms with Crippen LogP contribution in [-0.2, 0) is 10.8 Å². The van der Waals surface area contributed by atoms with Crippen molar-refractivity contribution in [2.75, 3.05) is 12.4 Å². The molecular weight excluding hydrogens is 296 g/mol. The molecule has 1 unspecified atom stereocenters. The van der Waals surface area contributed by atoms with E-state index in [0.29, 0.717) is 11.3 Å². The van der Waals surface area contributed by atoms with Crippen molar-refractivity contribution < 1.29 is 17.7 Å². The van der Waals surface area contributed by atoms with E-state index in [2.05, 4.69) is 0 Å². The fourth-order valence-corrected chi connectivity index (χ4v) is 2.66. The molecule has 0 fully saturated rings. The maximum atomic E-state index is 13.4. The summed E-state index contributed by atoms with van der Waals surface area (Å²) in [5, 5.41) is 8.89. The van der Waals surface area contributed by atoms with E-state index >= 15 is 0 Å². The second-order valence-electron chi connectivity index (χ2n) is 4.08. The zero-order valence-electron chi connectivity index (χ0n) is 10.9. The van der Waals surface area contributed by atoms with Crippen LogP contribution in [0.1, 0.15) is 5.56 Å². The summed E-state index contributed by atoms with van der Waals surface area (Å²) in [6.07, 6.45) is 0. The lowest BCUT2D eigenvalue weighted by atomic mass is 10.2. The van der Waals surface area contributed by atoms with Crippen LogP contribution < -0.4 is 4.74 Å². The highest BCUT2D eigenvalue weighted by atomic mass is 32.2. The minimum Gasteiger partial charge on any atom is -0.491 e. The summed E-state index contributed by atoms with van der Waals surface area (Å²) < 4.78 is 43.8. The van der Waals surface area contributed by atoms with Gasteiger partial charge in [0.05, 0.1) is 27.0 Å². The number of halogens is 2. The third-order valence-corrected chi connectivity index (χ3v) is 4.01. The van der Waals surface area contributed by atoms with Gasteiger partial charge in [-0.15, -0.1) is 0 Å². The van der Waals surface area contributed by atoms with Crippen molar-refractivity contribution in [3.8, 4) is 11.8 Å². The summed E-state index contributed by atoms with van der Waals surface area (Å²) in [6.45, 7) is 0.0290. The Hall–Kier alpha value is -2.26. The molecule has 2 aromatic carbocycles. The topological polar surface area (TPSA) is 50.1 Å². The molecule has 21 heavy (non-hydrogen) atoms. The lowest BCUT2D eigenvalue weighted by molar-refractivity contribution is 0.341. The van der Waals surface area contributed by atoms with Gasteiger partial charge in [0.15, 0.2) is 0 Å². The molecule has 0 aliphatic heterocycles. The van der Waals surface area contributed by atoms with Gasteiger partial charge in [0.2, 0.25) is 0 Å². The first-order valence-electron chi connectivity index (χ1n) is 6.07. The smallest absolute Gasteiger partial charge is 0.139 e. The molecule has 0 bridgehead atoms. The van der Waals surface area contributed by atoms with Gasteiger partial charge in [-0.25, -0.2) is 8.78 Å². The summed E-state index contributed by atoms with van der Waals surface area (Å²) in [7, 11) is -1.71. The summed E-state index contributed by atoms with van der Waals surface area (Å²) in [5.74, 6) is -0.987. The largest absolute Gasteiger partial charge is 0.491 e. The first-order chi connectivity index (χ1) is 10.1. The van der Waals surface area contributed by atoms with Gasteiger partial charge >= 0.3 is 0 Å². The fraction of sp³-hybridized carbons (Fsp3) is 0.133. The second kappa shape index (κ2) is 6.95. The van der Waals surface area contributed by atoms with Gasteiger partial charge < -0.3 is 4.74 Å². The van der Waals surface area contributed by atoms with E-state index in [1.165, 1.54) is 0 Å². The van der Waals surface area contributed by atoms with Gasteiger partial charge in [0.25, 0.3) is 0 Å². The van der Waals surface area contributed by atoms with Gasteiger partial charge in [-0.1, -0.05) is 12.1 Å². The molecule has 2 aromatic rings. The number of para-hydroxylation sites is 1. The van der Waals surface area contributed by atoms with Crippen molar-refractivity contribution in [3.05, 3.63) is 59.7 Å². The zero-order valence-corrected chi connectivity index (χ0v) is 11.7. The fourth-order valence-electron chi connectivity index (χ4n) is 1.67. The SMILES string of the molecule is N#Cc1ccccc1OCCS(=O)c1cc(F)ccc1F. The van der Waals surface area contributed by atoms with Crippen LogP contribution >= 0.6 is 0 Å². The van der Waals surface area contributed by atoms with Crippen LogP contribution in [0.15, 0.2) is 47.4 Å². The van der Waals surface area contributed by atoms with Crippen molar-refractivity contribution in [2.24, 2.45) is 0 Å². The van der Waals surface area contributed by atoms with Crippen molar-refractivity contribution in [1.82, 2.24) is 0 Å². The van der Waals surface area contributed by atoms with E-state index in [9.17, 15) is 13.0 Å². The number of nitriles is 1. The molecule has 108 valence electrons. The first kappa shape index (κ1) is 15.1. The van der Waals surface area contributed by atoms with Crippen LogP contribution in [0.25, 0.3) is 0 Å². The van der Waals surface area contributed by atoms with Crippen LogP contribution in [-0.4, -0.2) is 16.6 Å². The highest BCUT2D eigenvalue weighted by Gasteiger charge is 2.12. The monoisotopic (exact) mass is 307 g/mol. The minimum atomic E-state index is -1.71. The summed E-state index contributed by atoms with van der Waals surface area (Å²) in [6, 6.07) is 11.4. The molecule has 3 nitrogen and oxygen atoms in total. The predicted octanol–water partition coefficient (Wildman–Crippen LogP) is 3.02. The number of hydrogen-bond donors (Lipinski definition) is 0. The van der Waals surface area contributed by atoms with E-state index in [4.69, 9.17) is 10.00 Å². The van der Waals surface area contributed by atoms with Gasteiger partial charge in [-0.3, -0.25) is 4.21 Å². The second-order valence-corrected chi connectivity index (χ2v) is 5.62. The third-order valence-electron chi connectivity index (χ3n) is 2.67. The van der Waals surface area contributed by atoms with Crippen LogP contribution in [0.5, 0.6) is 5.75 Å². The Balaban J connectivity index is 1.99. The minimum absolute atomic E-state index is 0.000135. The molecule has 0 saturated carbocycles. The van der Waals surface area contributed by atoms with Crippen LogP contribution in [0.4, 0.5) is 8.78 Å². The van der Waals surface area contributed by atoms with Gasteiger partial charge in [-0.2, -0.15) is 5.26 Å². The number of hydrogen-bond acceptors (Lipinski definition) is 3. The molecule has 0 N–H and O–H groups in total. The van der Waals surface area contributed by atoms with Crippen molar-refractivity contribution in [2.45, 2.75) is 4.90 Å². The maximum Gasteiger partial charge on any atom is 0.139 e. The Bertz CT molecular complexity index is 713. The normalized spacial score (nSPS) is 11.7. The van der Waals surface area contributed by atoms with Crippen molar-refractivity contribution >= 4 is 10.8 Å². The molecule has 2 rings (SSSR count). The molecular formula is C15H11F2NO2S. The highest BCUT2D eigenvalue weighted by molar-refractivity contribution is 7.85. The average Bonchev–Trinajstić information content (AvgIpc) is 2.50. The molecule has 0 aromatic heterocycles. The Morgan fingerprint density at radius 3 is 2.71 bits per heavy atom. The molecule has 0 amide bonds. The van der Waals surface area contributed by atoms with Gasteiger partial charge in [0, 0.05) is 0 Å². The Morgan fingerprint density at radius 2 is 1.95 bits per heavy atom. The van der Waals surface area contributed by atoms with Gasteiger partial charge in [0.1, 0.15) is 30.1 Å². The van der Waals surface area contributed by atoms with Crippen molar-refractivity contribution in [3.63, 3.8) is 0 Å². The molecule has 0 aliphatic carbocycles. The molecule has 0 saturated heterocycles. The van der Waals surface area contributed by atoms with Crippen molar-refractivity contribution in [1.29, 1.82) is 5.26 Å². The lowest BCUT2D eigenvalue weighted by Gasteiger charge is -2.08. The Kier molecular flexibility index (Phi) is 5.01. The Morgan fingerprint density at radius 1 is 1.19 bits per heavy atom. The number of benzene rings is 2. The van der Waals surface area contributed by atoms with E-state index in [-0.39, 0.29) is 17.3 Å². The molecule has 0 heterocycles. The van der Waals surface area contributed by atoms with E-state index in [1.807, 2.05) is 6.07 Å². The summed E-state index contributed by atoms with van der Waals surface area (Å²) in [5.41, 5.74) is 0.361. The maximum absolute atomic E-state index is 13.4. The molecule has 0 radical (unpaired) electrons. The lowest BCUT2D eigenvalue weighted by Crippen LogP contribution is -2.10. The van der Waals surface area contributed by atoms with Crippen LogP contribution in [0, 0.1) is 23.0 Å². The quantitative estimate of drug-likeness (QED) is 0.853. The predicted molar refractivity (Wildman–Crippen MR) is 74.3 cm³/mol. The molecule has 6 heteroatoms. The van der Waals surface area contributed by atoms with Crippen LogP contribution in [0.3, 0.4) is 0 Å². The molecule has 0 spiro atoms. The first-order valence-corrected chi connectivity index (χ1v) is 7.39. The number of nitrogens with zero attached hydrogens (tertiary/aromatic N) is 1.